The number of nitrogens with zero attached hydrogens (tertiary/aromatic N) is 2. The van der Waals surface area contributed by atoms with Crippen molar-refractivity contribution in [3.05, 3.63) is 65.5 Å². The Labute approximate surface area is 109 Å². The van der Waals surface area contributed by atoms with Crippen LogP contribution in [0.25, 0.3) is 5.70 Å². The minimum Gasteiger partial charge on any atom is -0.342 e. The topological polar surface area (TPSA) is 15.6 Å². The molecule has 0 atom stereocenters. The Morgan fingerprint density at radius 1 is 1.22 bits per heavy atom. The van der Waals surface area contributed by atoms with E-state index in [0.717, 1.165) is 6.54 Å². The minimum absolute atomic E-state index is 0.868. The van der Waals surface area contributed by atoms with Crippen LogP contribution in [0.5, 0.6) is 0 Å². The summed E-state index contributed by atoms with van der Waals surface area (Å²) in [6, 6.07) is 8.61. The van der Waals surface area contributed by atoms with Crippen molar-refractivity contribution in [2.45, 2.75) is 13.8 Å². The van der Waals surface area contributed by atoms with Gasteiger partial charge in [0.15, 0.2) is 0 Å². The zero-order valence-corrected chi connectivity index (χ0v) is 10.9. The highest BCUT2D eigenvalue weighted by atomic mass is 15.1. The standard InChI is InChI=1S/C16H18N2/c1-13-6-8-15(9-7-13)16-14(2)5-4-11-18(16)12-10-17-3/h4-10,12H,3,11H2,1-2H3/b12-10-. The molecule has 1 heterocycles. The number of allylic oxidation sites excluding steroid dienone is 2. The van der Waals surface area contributed by atoms with E-state index in [0.29, 0.717) is 0 Å². The van der Waals surface area contributed by atoms with Crippen LogP contribution < -0.4 is 0 Å². The lowest BCUT2D eigenvalue weighted by molar-refractivity contribution is 0.581. The quantitative estimate of drug-likeness (QED) is 0.732. The summed E-state index contributed by atoms with van der Waals surface area (Å²) < 4.78 is 0. The predicted molar refractivity (Wildman–Crippen MR) is 78.3 cm³/mol. The van der Waals surface area contributed by atoms with E-state index in [1.54, 1.807) is 6.20 Å². The fourth-order valence-electron chi connectivity index (χ4n) is 2.11. The third-order valence-corrected chi connectivity index (χ3v) is 3.01. The number of hydrogen-bond acceptors (Lipinski definition) is 2. The molecular formula is C16H18N2. The first-order valence-corrected chi connectivity index (χ1v) is 6.06. The monoisotopic (exact) mass is 238 g/mol. The highest BCUT2D eigenvalue weighted by Gasteiger charge is 2.13. The highest BCUT2D eigenvalue weighted by Crippen LogP contribution is 2.27. The number of aliphatic imine (C=N–C) groups is 1. The van der Waals surface area contributed by atoms with Crippen LogP contribution in [0.2, 0.25) is 0 Å². The molecule has 0 bridgehead atoms. The summed E-state index contributed by atoms with van der Waals surface area (Å²) in [5, 5.41) is 0. The van der Waals surface area contributed by atoms with Crippen molar-refractivity contribution in [3.8, 4) is 0 Å². The molecule has 18 heavy (non-hydrogen) atoms. The van der Waals surface area contributed by atoms with Gasteiger partial charge >= 0.3 is 0 Å². The van der Waals surface area contributed by atoms with Crippen molar-refractivity contribution in [3.63, 3.8) is 0 Å². The predicted octanol–water partition coefficient (Wildman–Crippen LogP) is 3.77. The second kappa shape index (κ2) is 5.50. The van der Waals surface area contributed by atoms with Crippen LogP contribution in [-0.2, 0) is 0 Å². The van der Waals surface area contributed by atoms with Gasteiger partial charge in [-0.25, -0.2) is 0 Å². The van der Waals surface area contributed by atoms with Crippen molar-refractivity contribution in [2.75, 3.05) is 6.54 Å². The van der Waals surface area contributed by atoms with Gasteiger partial charge in [-0.15, -0.1) is 0 Å². The highest BCUT2D eigenvalue weighted by molar-refractivity contribution is 5.71. The van der Waals surface area contributed by atoms with Gasteiger partial charge in [-0.3, -0.25) is 4.99 Å². The fraction of sp³-hybridized carbons (Fsp3) is 0.188. The maximum atomic E-state index is 3.78. The van der Waals surface area contributed by atoms with Crippen LogP contribution in [0.4, 0.5) is 0 Å². The van der Waals surface area contributed by atoms with Crippen LogP contribution in [0.1, 0.15) is 18.1 Å². The first-order chi connectivity index (χ1) is 8.72. The molecule has 0 spiro atoms. The van der Waals surface area contributed by atoms with E-state index in [1.165, 1.54) is 22.4 Å². The van der Waals surface area contributed by atoms with Gasteiger partial charge in [0, 0.05) is 18.9 Å². The smallest absolute Gasteiger partial charge is 0.0512 e. The average Bonchev–Trinajstić information content (AvgIpc) is 2.38. The van der Waals surface area contributed by atoms with E-state index in [-0.39, 0.29) is 0 Å². The summed E-state index contributed by atoms with van der Waals surface area (Å²) in [6.07, 6.45) is 8.01. The molecule has 0 amide bonds. The fourth-order valence-corrected chi connectivity index (χ4v) is 2.11. The summed E-state index contributed by atoms with van der Waals surface area (Å²) in [5.74, 6) is 0. The molecule has 1 aliphatic rings. The van der Waals surface area contributed by atoms with E-state index in [9.17, 15) is 0 Å². The number of aryl methyl sites for hydroxylation is 1. The van der Waals surface area contributed by atoms with Crippen molar-refractivity contribution in [1.29, 1.82) is 0 Å². The number of benzene rings is 1. The molecule has 0 radical (unpaired) electrons. The second-order valence-corrected chi connectivity index (χ2v) is 4.43. The van der Waals surface area contributed by atoms with E-state index < -0.39 is 0 Å². The number of hydrogen-bond donors (Lipinski definition) is 0. The van der Waals surface area contributed by atoms with Crippen molar-refractivity contribution in [2.24, 2.45) is 4.99 Å². The van der Waals surface area contributed by atoms with Crippen molar-refractivity contribution in [1.82, 2.24) is 4.90 Å². The van der Waals surface area contributed by atoms with Gasteiger partial charge in [0.1, 0.15) is 0 Å². The van der Waals surface area contributed by atoms with Gasteiger partial charge in [-0.2, -0.15) is 0 Å². The van der Waals surface area contributed by atoms with E-state index in [1.807, 2.05) is 6.20 Å². The summed E-state index contributed by atoms with van der Waals surface area (Å²) in [7, 11) is 0. The SMILES string of the molecule is C=N/C=C\N1CC=CC(C)=C1c1ccc(C)cc1. The molecule has 0 aromatic heterocycles. The summed E-state index contributed by atoms with van der Waals surface area (Å²) in [6.45, 7) is 8.58. The molecule has 1 aliphatic heterocycles. The van der Waals surface area contributed by atoms with E-state index in [2.05, 4.69) is 66.9 Å². The largest absolute Gasteiger partial charge is 0.342 e. The molecule has 0 saturated heterocycles. The molecule has 2 rings (SSSR count). The summed E-state index contributed by atoms with van der Waals surface area (Å²) in [4.78, 5) is 5.97. The molecule has 0 unspecified atom stereocenters. The van der Waals surface area contributed by atoms with Gasteiger partial charge in [0.2, 0.25) is 0 Å². The van der Waals surface area contributed by atoms with Crippen molar-refractivity contribution < 1.29 is 0 Å². The summed E-state index contributed by atoms with van der Waals surface area (Å²) >= 11 is 0. The van der Waals surface area contributed by atoms with Crippen LogP contribution in [0.3, 0.4) is 0 Å². The molecule has 0 N–H and O–H groups in total. The Morgan fingerprint density at radius 2 is 1.94 bits per heavy atom. The molecule has 1 aromatic rings. The van der Waals surface area contributed by atoms with E-state index in [4.69, 9.17) is 0 Å². The maximum Gasteiger partial charge on any atom is 0.0512 e. The van der Waals surface area contributed by atoms with Crippen LogP contribution in [0, 0.1) is 6.92 Å². The van der Waals surface area contributed by atoms with Gasteiger partial charge in [-0.05, 0) is 31.7 Å². The first kappa shape index (κ1) is 12.4. The zero-order chi connectivity index (χ0) is 13.0. The van der Waals surface area contributed by atoms with Crippen LogP contribution in [0.15, 0.2) is 59.4 Å². The molecule has 0 saturated carbocycles. The van der Waals surface area contributed by atoms with Gasteiger partial charge in [0.25, 0.3) is 0 Å². The molecular weight excluding hydrogens is 220 g/mol. The Hall–Kier alpha value is -2.09. The second-order valence-electron chi connectivity index (χ2n) is 4.43. The molecule has 1 aromatic carbocycles. The van der Waals surface area contributed by atoms with Gasteiger partial charge in [-0.1, -0.05) is 42.0 Å². The first-order valence-electron chi connectivity index (χ1n) is 6.06. The Morgan fingerprint density at radius 3 is 2.61 bits per heavy atom. The molecule has 2 heteroatoms. The third kappa shape index (κ3) is 2.59. The molecule has 2 nitrogen and oxygen atoms in total. The molecule has 0 aliphatic carbocycles. The number of rotatable bonds is 3. The Kier molecular flexibility index (Phi) is 3.78. The summed E-state index contributed by atoms with van der Waals surface area (Å²) in [5.41, 5.74) is 5.01. The average molecular weight is 238 g/mol. The minimum atomic E-state index is 0.868. The normalized spacial score (nSPS) is 15.6. The molecule has 92 valence electrons. The van der Waals surface area contributed by atoms with E-state index >= 15 is 0 Å². The zero-order valence-electron chi connectivity index (χ0n) is 10.9. The van der Waals surface area contributed by atoms with Crippen LogP contribution in [-0.4, -0.2) is 18.2 Å². The Bertz CT molecular complexity index is 519. The third-order valence-electron chi connectivity index (χ3n) is 3.01. The van der Waals surface area contributed by atoms with Gasteiger partial charge < -0.3 is 4.90 Å². The molecule has 0 fully saturated rings. The lowest BCUT2D eigenvalue weighted by Crippen LogP contribution is -2.19. The van der Waals surface area contributed by atoms with Crippen LogP contribution >= 0.6 is 0 Å². The van der Waals surface area contributed by atoms with Gasteiger partial charge in [0.05, 0.1) is 5.70 Å². The Balaban J connectivity index is 2.41. The lowest BCUT2D eigenvalue weighted by Gasteiger charge is -2.27. The van der Waals surface area contributed by atoms with Crippen molar-refractivity contribution >= 4 is 12.4 Å². The maximum absolute atomic E-state index is 3.78. The lowest BCUT2D eigenvalue weighted by atomic mass is 10.0.